The van der Waals surface area contributed by atoms with Crippen LogP contribution in [0, 0.1) is 12.8 Å². The zero-order valence-corrected chi connectivity index (χ0v) is 13.4. The Morgan fingerprint density at radius 1 is 1.29 bits per heavy atom. The van der Waals surface area contributed by atoms with Crippen molar-refractivity contribution in [3.05, 3.63) is 18.0 Å². The van der Waals surface area contributed by atoms with Gasteiger partial charge in [0.05, 0.1) is 17.6 Å². The van der Waals surface area contributed by atoms with Gasteiger partial charge in [-0.05, 0) is 38.2 Å². The van der Waals surface area contributed by atoms with Crippen LogP contribution in [0.2, 0.25) is 0 Å². The van der Waals surface area contributed by atoms with E-state index in [0.29, 0.717) is 6.04 Å². The molecule has 2 atom stereocenters. The van der Waals surface area contributed by atoms with E-state index in [1.807, 2.05) is 24.9 Å². The summed E-state index contributed by atoms with van der Waals surface area (Å²) in [4.78, 5) is 4.56. The Morgan fingerprint density at radius 2 is 2.14 bits per heavy atom. The number of nitrogens with zero attached hydrogens (tertiary/aromatic N) is 3. The lowest BCUT2D eigenvalue weighted by Gasteiger charge is -2.18. The van der Waals surface area contributed by atoms with Gasteiger partial charge in [-0.1, -0.05) is 26.2 Å². The standard InChI is InChI=1S/C17H26N4/c1-4-13-6-5-7-14(9-8-13)19-15-10-16-12(2)20-21(3)17(16)18-11-15/h10-11,13-14,19H,4-9H2,1-3H3. The van der Waals surface area contributed by atoms with Crippen molar-refractivity contribution in [2.45, 2.75) is 58.4 Å². The molecule has 0 spiro atoms. The smallest absolute Gasteiger partial charge is 0.157 e. The van der Waals surface area contributed by atoms with Crippen LogP contribution in [0.25, 0.3) is 11.0 Å². The van der Waals surface area contributed by atoms with Gasteiger partial charge >= 0.3 is 0 Å². The van der Waals surface area contributed by atoms with Gasteiger partial charge in [0.1, 0.15) is 0 Å². The van der Waals surface area contributed by atoms with Crippen LogP contribution in [-0.2, 0) is 7.05 Å². The number of hydrogen-bond donors (Lipinski definition) is 1. The molecule has 1 saturated carbocycles. The highest BCUT2D eigenvalue weighted by atomic mass is 15.3. The molecule has 1 aliphatic carbocycles. The van der Waals surface area contributed by atoms with Crippen LogP contribution in [0.3, 0.4) is 0 Å². The van der Waals surface area contributed by atoms with Crippen LogP contribution in [-0.4, -0.2) is 20.8 Å². The number of hydrogen-bond acceptors (Lipinski definition) is 3. The van der Waals surface area contributed by atoms with Gasteiger partial charge in [-0.3, -0.25) is 4.68 Å². The van der Waals surface area contributed by atoms with E-state index in [1.165, 1.54) is 38.5 Å². The van der Waals surface area contributed by atoms with Crippen molar-refractivity contribution in [1.82, 2.24) is 14.8 Å². The Kier molecular flexibility index (Phi) is 4.13. The second-order valence-electron chi connectivity index (χ2n) is 6.43. The Bertz CT molecular complexity index is 617. The molecule has 2 aromatic rings. The fourth-order valence-electron chi connectivity index (χ4n) is 3.55. The van der Waals surface area contributed by atoms with Gasteiger partial charge in [0.15, 0.2) is 5.65 Å². The minimum absolute atomic E-state index is 0.595. The molecule has 21 heavy (non-hydrogen) atoms. The monoisotopic (exact) mass is 286 g/mol. The van der Waals surface area contributed by atoms with Crippen molar-refractivity contribution in [2.75, 3.05) is 5.32 Å². The molecule has 0 aromatic carbocycles. The molecule has 0 aliphatic heterocycles. The third-order valence-electron chi connectivity index (χ3n) is 4.90. The van der Waals surface area contributed by atoms with Crippen molar-refractivity contribution < 1.29 is 0 Å². The van der Waals surface area contributed by atoms with E-state index in [2.05, 4.69) is 28.4 Å². The highest BCUT2D eigenvalue weighted by molar-refractivity contribution is 5.81. The lowest BCUT2D eigenvalue weighted by Crippen LogP contribution is -2.18. The highest BCUT2D eigenvalue weighted by Crippen LogP contribution is 2.28. The SMILES string of the molecule is CCC1CCCC(Nc2cnc3c(c2)c(C)nn3C)CC1. The first-order chi connectivity index (χ1) is 10.2. The van der Waals surface area contributed by atoms with Gasteiger partial charge in [-0.15, -0.1) is 0 Å². The average molecular weight is 286 g/mol. The van der Waals surface area contributed by atoms with Gasteiger partial charge in [0, 0.05) is 18.5 Å². The fraction of sp³-hybridized carbons (Fsp3) is 0.647. The maximum atomic E-state index is 4.56. The molecule has 2 aromatic heterocycles. The Hall–Kier alpha value is -1.58. The first-order valence-corrected chi connectivity index (χ1v) is 8.23. The summed E-state index contributed by atoms with van der Waals surface area (Å²) in [5, 5.41) is 9.29. The zero-order chi connectivity index (χ0) is 14.8. The van der Waals surface area contributed by atoms with E-state index in [9.17, 15) is 0 Å². The fourth-order valence-corrected chi connectivity index (χ4v) is 3.55. The van der Waals surface area contributed by atoms with Gasteiger partial charge < -0.3 is 5.32 Å². The third-order valence-corrected chi connectivity index (χ3v) is 4.90. The quantitative estimate of drug-likeness (QED) is 0.866. The number of aryl methyl sites for hydroxylation is 2. The van der Waals surface area contributed by atoms with Crippen LogP contribution < -0.4 is 5.32 Å². The summed E-state index contributed by atoms with van der Waals surface area (Å²) in [6.07, 6.45) is 9.94. The molecule has 1 aliphatic rings. The third kappa shape index (κ3) is 3.04. The molecule has 0 bridgehead atoms. The molecule has 1 fully saturated rings. The Balaban J connectivity index is 1.74. The number of fused-ring (bicyclic) bond motifs is 1. The molecule has 4 nitrogen and oxygen atoms in total. The summed E-state index contributed by atoms with van der Waals surface area (Å²) >= 11 is 0. The molecular weight excluding hydrogens is 260 g/mol. The van der Waals surface area contributed by atoms with Crippen LogP contribution in [0.5, 0.6) is 0 Å². The van der Waals surface area contributed by atoms with Gasteiger partial charge in [0.2, 0.25) is 0 Å². The Morgan fingerprint density at radius 3 is 2.95 bits per heavy atom. The van der Waals surface area contributed by atoms with Crippen LogP contribution in [0.1, 0.15) is 51.1 Å². The van der Waals surface area contributed by atoms with Crippen molar-refractivity contribution in [3.63, 3.8) is 0 Å². The molecular formula is C17H26N4. The Labute approximate surface area is 126 Å². The first-order valence-electron chi connectivity index (χ1n) is 8.23. The van der Waals surface area contributed by atoms with E-state index >= 15 is 0 Å². The largest absolute Gasteiger partial charge is 0.381 e. The number of aromatic nitrogens is 3. The van der Waals surface area contributed by atoms with Gasteiger partial charge in [-0.2, -0.15) is 5.10 Å². The zero-order valence-electron chi connectivity index (χ0n) is 13.4. The number of anilines is 1. The topological polar surface area (TPSA) is 42.7 Å². The number of pyridine rings is 1. The maximum absolute atomic E-state index is 4.56. The highest BCUT2D eigenvalue weighted by Gasteiger charge is 2.18. The summed E-state index contributed by atoms with van der Waals surface area (Å²) in [5.41, 5.74) is 3.15. The molecule has 0 radical (unpaired) electrons. The molecule has 2 heterocycles. The van der Waals surface area contributed by atoms with Crippen molar-refractivity contribution in [1.29, 1.82) is 0 Å². The van der Waals surface area contributed by atoms with E-state index in [1.54, 1.807) is 0 Å². The molecule has 4 heteroatoms. The summed E-state index contributed by atoms with van der Waals surface area (Å²) in [6.45, 7) is 4.37. The molecule has 114 valence electrons. The van der Waals surface area contributed by atoms with E-state index in [-0.39, 0.29) is 0 Å². The molecule has 2 unspecified atom stereocenters. The van der Waals surface area contributed by atoms with Crippen molar-refractivity contribution in [2.24, 2.45) is 13.0 Å². The van der Waals surface area contributed by atoms with Crippen LogP contribution >= 0.6 is 0 Å². The van der Waals surface area contributed by atoms with E-state index in [0.717, 1.165) is 28.3 Å². The van der Waals surface area contributed by atoms with Gasteiger partial charge in [0.25, 0.3) is 0 Å². The molecule has 0 amide bonds. The molecule has 0 saturated heterocycles. The number of rotatable bonds is 3. The predicted octanol–water partition coefficient (Wildman–Crippen LogP) is 4.05. The maximum Gasteiger partial charge on any atom is 0.157 e. The second kappa shape index (κ2) is 6.04. The second-order valence-corrected chi connectivity index (χ2v) is 6.43. The van der Waals surface area contributed by atoms with Crippen molar-refractivity contribution in [3.8, 4) is 0 Å². The van der Waals surface area contributed by atoms with Crippen LogP contribution in [0.15, 0.2) is 12.3 Å². The lowest BCUT2D eigenvalue weighted by molar-refractivity contribution is 0.444. The average Bonchev–Trinajstić information content (AvgIpc) is 2.66. The predicted molar refractivity (Wildman–Crippen MR) is 87.5 cm³/mol. The normalized spacial score (nSPS) is 23.2. The minimum Gasteiger partial charge on any atom is -0.381 e. The van der Waals surface area contributed by atoms with Crippen molar-refractivity contribution >= 4 is 16.7 Å². The van der Waals surface area contributed by atoms with Gasteiger partial charge in [-0.25, -0.2) is 4.98 Å². The first kappa shape index (κ1) is 14.4. The molecule has 3 rings (SSSR count). The molecule has 1 N–H and O–H groups in total. The van der Waals surface area contributed by atoms with E-state index < -0.39 is 0 Å². The minimum atomic E-state index is 0.595. The van der Waals surface area contributed by atoms with Crippen LogP contribution in [0.4, 0.5) is 5.69 Å². The number of nitrogens with one attached hydrogen (secondary N) is 1. The summed E-state index contributed by atoms with van der Waals surface area (Å²) in [6, 6.07) is 2.80. The summed E-state index contributed by atoms with van der Waals surface area (Å²) in [5.74, 6) is 0.929. The summed E-state index contributed by atoms with van der Waals surface area (Å²) in [7, 11) is 1.95. The van der Waals surface area contributed by atoms with E-state index in [4.69, 9.17) is 0 Å². The lowest BCUT2D eigenvalue weighted by atomic mass is 9.98. The summed E-state index contributed by atoms with van der Waals surface area (Å²) < 4.78 is 1.85.